The second kappa shape index (κ2) is 5.09. The summed E-state index contributed by atoms with van der Waals surface area (Å²) in [5, 5.41) is 16.4. The molecule has 104 valence electrons. The van der Waals surface area contributed by atoms with Gasteiger partial charge in [-0.15, -0.1) is 0 Å². The molecule has 0 unspecified atom stereocenters. The minimum atomic E-state index is -0.157. The van der Waals surface area contributed by atoms with Gasteiger partial charge in [-0.2, -0.15) is 5.10 Å². The lowest BCUT2D eigenvalue weighted by atomic mass is 10.1. The first kappa shape index (κ1) is 12.9. The van der Waals surface area contributed by atoms with E-state index in [1.165, 1.54) is 6.21 Å². The van der Waals surface area contributed by atoms with Crippen molar-refractivity contribution in [1.82, 2.24) is 9.91 Å². The number of allylic oxidation sites excluding steroid dienone is 1. The third kappa shape index (κ3) is 2.20. The van der Waals surface area contributed by atoms with E-state index in [-0.39, 0.29) is 17.1 Å². The molecular weight excluding hydrogens is 254 g/mol. The van der Waals surface area contributed by atoms with Crippen LogP contribution >= 0.6 is 0 Å². The van der Waals surface area contributed by atoms with Crippen LogP contribution in [0.25, 0.3) is 5.76 Å². The van der Waals surface area contributed by atoms with Crippen molar-refractivity contribution in [3.8, 4) is 0 Å². The first-order valence-corrected chi connectivity index (χ1v) is 6.71. The second-order valence-electron chi connectivity index (χ2n) is 5.14. The first-order valence-electron chi connectivity index (χ1n) is 6.71. The average Bonchev–Trinajstić information content (AvgIpc) is 2.71. The number of rotatable bonds is 2. The standard InChI is InChI=1S/C15H17N3O2/c1-17-6-8-18(9-7-17)16-10-13-14(19)11-4-2-3-5-12(11)15(13)20/h2-5,10,19H,6-9H2,1H3/b16-10+. The van der Waals surface area contributed by atoms with Crippen LogP contribution < -0.4 is 0 Å². The van der Waals surface area contributed by atoms with Gasteiger partial charge in [-0.1, -0.05) is 24.3 Å². The molecule has 1 N–H and O–H groups in total. The van der Waals surface area contributed by atoms with E-state index in [4.69, 9.17) is 0 Å². The maximum Gasteiger partial charge on any atom is 0.199 e. The zero-order chi connectivity index (χ0) is 14.1. The summed E-state index contributed by atoms with van der Waals surface area (Å²) in [6, 6.07) is 7.08. The number of fused-ring (bicyclic) bond motifs is 1. The number of likely N-dealkylation sites (N-methyl/N-ethyl adjacent to an activating group) is 1. The fraction of sp³-hybridized carbons (Fsp3) is 0.333. The number of hydrazone groups is 1. The molecular formula is C15H17N3O2. The van der Waals surface area contributed by atoms with Gasteiger partial charge in [0.25, 0.3) is 0 Å². The number of carbonyl (C=O) groups is 1. The zero-order valence-corrected chi connectivity index (χ0v) is 11.4. The lowest BCUT2D eigenvalue weighted by Crippen LogP contribution is -2.41. The number of ketones is 1. The smallest absolute Gasteiger partial charge is 0.199 e. The Kier molecular flexibility index (Phi) is 3.28. The van der Waals surface area contributed by atoms with Crippen LogP contribution in [0.2, 0.25) is 0 Å². The highest BCUT2D eigenvalue weighted by molar-refractivity contribution is 6.30. The summed E-state index contributed by atoms with van der Waals surface area (Å²) in [6.07, 6.45) is 1.49. The maximum atomic E-state index is 12.2. The largest absolute Gasteiger partial charge is 0.506 e. The summed E-state index contributed by atoms with van der Waals surface area (Å²) in [7, 11) is 2.08. The molecule has 3 rings (SSSR count). The van der Waals surface area contributed by atoms with Crippen molar-refractivity contribution in [3.63, 3.8) is 0 Å². The van der Waals surface area contributed by atoms with Crippen molar-refractivity contribution < 1.29 is 9.90 Å². The minimum Gasteiger partial charge on any atom is -0.506 e. The summed E-state index contributed by atoms with van der Waals surface area (Å²) in [6.45, 7) is 3.58. The van der Waals surface area contributed by atoms with Gasteiger partial charge in [0.05, 0.1) is 11.8 Å². The van der Waals surface area contributed by atoms with Gasteiger partial charge in [0, 0.05) is 37.3 Å². The van der Waals surface area contributed by atoms with Crippen molar-refractivity contribution >= 4 is 17.8 Å². The molecule has 1 aliphatic carbocycles. The molecule has 1 aromatic rings. The third-order valence-corrected chi connectivity index (χ3v) is 3.76. The van der Waals surface area contributed by atoms with Gasteiger partial charge in [-0.05, 0) is 7.05 Å². The normalized spacial score (nSPS) is 20.1. The Morgan fingerprint density at radius 3 is 2.45 bits per heavy atom. The van der Waals surface area contributed by atoms with E-state index in [0.717, 1.165) is 26.2 Å². The predicted octanol–water partition coefficient (Wildman–Crippen LogP) is 1.39. The molecule has 1 aliphatic heterocycles. The molecule has 0 radical (unpaired) electrons. The van der Waals surface area contributed by atoms with Gasteiger partial charge in [-0.25, -0.2) is 0 Å². The lowest BCUT2D eigenvalue weighted by Gasteiger charge is -2.30. The molecule has 2 aliphatic rings. The van der Waals surface area contributed by atoms with Crippen LogP contribution in [0.15, 0.2) is 34.9 Å². The number of benzene rings is 1. The van der Waals surface area contributed by atoms with Crippen LogP contribution in [-0.2, 0) is 0 Å². The number of aliphatic hydroxyl groups is 1. The summed E-state index contributed by atoms with van der Waals surface area (Å²) in [5.74, 6) is -0.126. The number of hydrogen-bond donors (Lipinski definition) is 1. The molecule has 5 nitrogen and oxygen atoms in total. The number of nitrogens with zero attached hydrogens (tertiary/aromatic N) is 3. The number of aliphatic hydroxyl groups excluding tert-OH is 1. The van der Waals surface area contributed by atoms with Crippen LogP contribution in [0, 0.1) is 0 Å². The molecule has 1 fully saturated rings. The highest BCUT2D eigenvalue weighted by Crippen LogP contribution is 2.29. The Morgan fingerprint density at radius 2 is 1.80 bits per heavy atom. The fourth-order valence-corrected chi connectivity index (χ4v) is 2.46. The number of Topliss-reactive ketones (excluding diaryl/α,β-unsaturated/α-hetero) is 1. The van der Waals surface area contributed by atoms with Crippen LogP contribution in [0.1, 0.15) is 15.9 Å². The van der Waals surface area contributed by atoms with Crippen LogP contribution in [-0.4, -0.2) is 60.2 Å². The summed E-state index contributed by atoms with van der Waals surface area (Å²) in [5.41, 5.74) is 1.42. The minimum absolute atomic E-state index is 0.0310. The molecule has 5 heteroatoms. The highest BCUT2D eigenvalue weighted by Gasteiger charge is 2.28. The Hall–Kier alpha value is -2.14. The quantitative estimate of drug-likeness (QED) is 0.826. The van der Waals surface area contributed by atoms with Gasteiger partial charge < -0.3 is 10.0 Å². The Labute approximate surface area is 117 Å². The Morgan fingerprint density at radius 1 is 1.15 bits per heavy atom. The molecule has 20 heavy (non-hydrogen) atoms. The van der Waals surface area contributed by atoms with E-state index in [9.17, 15) is 9.90 Å². The highest BCUT2D eigenvalue weighted by atomic mass is 16.3. The van der Waals surface area contributed by atoms with Crippen LogP contribution in [0.4, 0.5) is 0 Å². The van der Waals surface area contributed by atoms with Crippen molar-refractivity contribution in [2.75, 3.05) is 33.2 Å². The Balaban J connectivity index is 1.79. The van der Waals surface area contributed by atoms with E-state index >= 15 is 0 Å². The van der Waals surface area contributed by atoms with Crippen LogP contribution in [0.3, 0.4) is 0 Å². The number of carbonyl (C=O) groups excluding carboxylic acids is 1. The molecule has 0 saturated carbocycles. The number of hydrogen-bond acceptors (Lipinski definition) is 5. The molecule has 1 heterocycles. The van der Waals surface area contributed by atoms with Gasteiger partial charge in [-0.3, -0.25) is 9.80 Å². The number of piperazine rings is 1. The summed E-state index contributed by atoms with van der Waals surface area (Å²) < 4.78 is 0. The fourth-order valence-electron chi connectivity index (χ4n) is 2.46. The van der Waals surface area contributed by atoms with E-state index in [2.05, 4.69) is 17.0 Å². The van der Waals surface area contributed by atoms with Crippen molar-refractivity contribution in [1.29, 1.82) is 0 Å². The zero-order valence-electron chi connectivity index (χ0n) is 11.4. The van der Waals surface area contributed by atoms with E-state index < -0.39 is 0 Å². The van der Waals surface area contributed by atoms with Gasteiger partial charge in [0.15, 0.2) is 5.78 Å². The van der Waals surface area contributed by atoms with E-state index in [1.807, 2.05) is 11.1 Å². The second-order valence-corrected chi connectivity index (χ2v) is 5.14. The maximum absolute atomic E-state index is 12.2. The van der Waals surface area contributed by atoms with Gasteiger partial charge >= 0.3 is 0 Å². The van der Waals surface area contributed by atoms with Gasteiger partial charge in [0.1, 0.15) is 5.76 Å². The molecule has 0 amide bonds. The summed E-state index contributed by atoms with van der Waals surface area (Å²) >= 11 is 0. The van der Waals surface area contributed by atoms with Crippen molar-refractivity contribution in [3.05, 3.63) is 41.0 Å². The topological polar surface area (TPSA) is 56.1 Å². The molecule has 0 spiro atoms. The SMILES string of the molecule is CN1CCN(/N=C/C2=C(O)c3ccccc3C2=O)CC1. The van der Waals surface area contributed by atoms with Crippen molar-refractivity contribution in [2.45, 2.75) is 0 Å². The summed E-state index contributed by atoms with van der Waals surface area (Å²) in [4.78, 5) is 14.4. The molecule has 0 atom stereocenters. The van der Waals surface area contributed by atoms with Crippen molar-refractivity contribution in [2.24, 2.45) is 5.10 Å². The van der Waals surface area contributed by atoms with Gasteiger partial charge in [0.2, 0.25) is 0 Å². The van der Waals surface area contributed by atoms with Crippen LogP contribution in [0.5, 0.6) is 0 Å². The average molecular weight is 271 g/mol. The third-order valence-electron chi connectivity index (χ3n) is 3.76. The van der Waals surface area contributed by atoms with E-state index in [0.29, 0.717) is 11.1 Å². The molecule has 1 aromatic carbocycles. The Bertz CT molecular complexity index is 599. The molecule has 1 saturated heterocycles. The predicted molar refractivity (Wildman–Crippen MR) is 77.9 cm³/mol. The molecule has 0 aromatic heterocycles. The van der Waals surface area contributed by atoms with E-state index in [1.54, 1.807) is 18.2 Å². The lowest BCUT2D eigenvalue weighted by molar-refractivity contribution is 0.104. The first-order chi connectivity index (χ1) is 9.66. The monoisotopic (exact) mass is 271 g/mol. The molecule has 0 bridgehead atoms.